The molecular formula is C14H13FN4O2S2. The summed E-state index contributed by atoms with van der Waals surface area (Å²) in [7, 11) is 0. The monoisotopic (exact) mass is 352 g/mol. The number of nitrogen functional groups attached to an aromatic ring is 1. The Kier molecular flexibility index (Phi) is 3.34. The summed E-state index contributed by atoms with van der Waals surface area (Å²) >= 11 is 2.09. The summed E-state index contributed by atoms with van der Waals surface area (Å²) in [5, 5.41) is 1.66. The van der Waals surface area contributed by atoms with E-state index in [0.717, 1.165) is 17.8 Å². The van der Waals surface area contributed by atoms with E-state index in [-0.39, 0.29) is 29.0 Å². The molecule has 2 amide bonds. The molecule has 23 heavy (non-hydrogen) atoms. The van der Waals surface area contributed by atoms with Crippen LogP contribution < -0.4 is 5.73 Å². The number of anilines is 1. The van der Waals surface area contributed by atoms with E-state index in [1.807, 2.05) is 0 Å². The highest BCUT2D eigenvalue weighted by atomic mass is 32.1. The molecule has 4 heterocycles. The van der Waals surface area contributed by atoms with Crippen LogP contribution in [0.15, 0.2) is 17.5 Å². The highest BCUT2D eigenvalue weighted by Crippen LogP contribution is 2.33. The predicted molar refractivity (Wildman–Crippen MR) is 85.1 cm³/mol. The molecule has 0 aliphatic carbocycles. The van der Waals surface area contributed by atoms with E-state index in [2.05, 4.69) is 4.98 Å². The van der Waals surface area contributed by atoms with Gasteiger partial charge < -0.3 is 15.5 Å². The van der Waals surface area contributed by atoms with Gasteiger partial charge in [-0.2, -0.15) is 4.39 Å². The summed E-state index contributed by atoms with van der Waals surface area (Å²) in [5.74, 6) is -0.295. The molecule has 2 atom stereocenters. The largest absolute Gasteiger partial charge is 0.375 e. The van der Waals surface area contributed by atoms with E-state index in [0.29, 0.717) is 28.8 Å². The Bertz CT molecular complexity index is 725. The molecule has 2 aliphatic rings. The Labute approximate surface area is 139 Å². The van der Waals surface area contributed by atoms with E-state index in [1.165, 1.54) is 23.5 Å². The van der Waals surface area contributed by atoms with Crippen LogP contribution in [0.3, 0.4) is 0 Å². The molecule has 2 fully saturated rings. The number of fused-ring (bicyclic) bond motifs is 2. The number of amides is 2. The number of carbonyl (C=O) groups is 2. The molecular weight excluding hydrogens is 339 g/mol. The van der Waals surface area contributed by atoms with E-state index in [9.17, 15) is 14.0 Å². The summed E-state index contributed by atoms with van der Waals surface area (Å²) in [6.07, 6.45) is 0.755. The predicted octanol–water partition coefficient (Wildman–Crippen LogP) is 1.67. The van der Waals surface area contributed by atoms with Crippen molar-refractivity contribution < 1.29 is 14.0 Å². The standard InChI is InChI=1S/C14H13FN4O2S2/c15-11-2-1-10(23-11)13(21)19-5-7-3-8(19)4-18(7)12(20)9-6-22-14(16)17-9/h1-2,6-8H,3-5H2,(H2,16,17)/t7-,8-/m0/s1. The molecule has 0 radical (unpaired) electrons. The van der Waals surface area contributed by atoms with Crippen LogP contribution in [0.5, 0.6) is 0 Å². The number of likely N-dealkylation sites (tertiary alicyclic amines) is 2. The lowest BCUT2D eigenvalue weighted by molar-refractivity contribution is 0.0526. The second-order valence-corrected chi connectivity index (χ2v) is 7.56. The van der Waals surface area contributed by atoms with E-state index in [4.69, 9.17) is 5.73 Å². The fourth-order valence-corrected chi connectivity index (χ4v) is 4.49. The minimum atomic E-state index is -0.365. The molecule has 0 aromatic carbocycles. The van der Waals surface area contributed by atoms with Crippen LogP contribution >= 0.6 is 22.7 Å². The molecule has 2 aliphatic heterocycles. The van der Waals surface area contributed by atoms with Crippen LogP contribution in [0.4, 0.5) is 9.52 Å². The zero-order chi connectivity index (χ0) is 16.1. The Morgan fingerprint density at radius 3 is 2.43 bits per heavy atom. The van der Waals surface area contributed by atoms with Crippen LogP contribution in [0.25, 0.3) is 0 Å². The van der Waals surface area contributed by atoms with Crippen LogP contribution in [0.2, 0.25) is 0 Å². The quantitative estimate of drug-likeness (QED) is 0.892. The first kappa shape index (κ1) is 14.6. The number of aromatic nitrogens is 1. The lowest BCUT2D eigenvalue weighted by atomic mass is 10.2. The first-order valence-corrected chi connectivity index (χ1v) is 8.81. The molecule has 0 unspecified atom stereocenters. The maximum absolute atomic E-state index is 13.1. The van der Waals surface area contributed by atoms with Crippen LogP contribution in [0, 0.1) is 5.13 Å². The maximum Gasteiger partial charge on any atom is 0.273 e. The fraction of sp³-hybridized carbons (Fsp3) is 0.357. The van der Waals surface area contributed by atoms with Gasteiger partial charge in [0.15, 0.2) is 10.3 Å². The van der Waals surface area contributed by atoms with Gasteiger partial charge in [0.25, 0.3) is 11.8 Å². The number of thiophene rings is 1. The van der Waals surface area contributed by atoms with Gasteiger partial charge in [0, 0.05) is 18.5 Å². The Morgan fingerprint density at radius 1 is 1.22 bits per heavy atom. The van der Waals surface area contributed by atoms with Crippen molar-refractivity contribution in [1.82, 2.24) is 14.8 Å². The lowest BCUT2D eigenvalue weighted by Gasteiger charge is -2.33. The third-order valence-electron chi connectivity index (χ3n) is 4.29. The number of piperazine rings is 1. The molecule has 2 aromatic rings. The SMILES string of the molecule is Nc1nc(C(=O)N2C[C@@H]3C[C@H]2CN3C(=O)c2ccc(F)s2)cs1. The summed E-state index contributed by atoms with van der Waals surface area (Å²) in [6, 6.07) is 2.78. The average molecular weight is 352 g/mol. The van der Waals surface area contributed by atoms with Gasteiger partial charge in [0.1, 0.15) is 5.69 Å². The molecule has 0 saturated carbocycles. The van der Waals surface area contributed by atoms with Gasteiger partial charge in [-0.15, -0.1) is 22.7 Å². The van der Waals surface area contributed by atoms with Crippen molar-refractivity contribution in [2.45, 2.75) is 18.5 Å². The number of nitrogens with zero attached hydrogens (tertiary/aromatic N) is 3. The smallest absolute Gasteiger partial charge is 0.273 e. The molecule has 0 spiro atoms. The second-order valence-electron chi connectivity index (χ2n) is 5.63. The lowest BCUT2D eigenvalue weighted by Crippen LogP contribution is -2.50. The van der Waals surface area contributed by atoms with E-state index >= 15 is 0 Å². The number of hydrogen-bond acceptors (Lipinski definition) is 6. The summed E-state index contributed by atoms with van der Waals surface area (Å²) in [4.78, 5) is 32.8. The van der Waals surface area contributed by atoms with Crippen molar-refractivity contribution in [2.24, 2.45) is 0 Å². The summed E-state index contributed by atoms with van der Waals surface area (Å²) < 4.78 is 13.1. The molecule has 6 nitrogen and oxygen atoms in total. The number of halogens is 1. The van der Waals surface area contributed by atoms with Crippen LogP contribution in [0.1, 0.15) is 26.6 Å². The number of hydrogen-bond donors (Lipinski definition) is 1. The van der Waals surface area contributed by atoms with Crippen LogP contribution in [-0.4, -0.2) is 51.8 Å². The molecule has 9 heteroatoms. The number of rotatable bonds is 2. The fourth-order valence-electron chi connectivity index (χ4n) is 3.27. The van der Waals surface area contributed by atoms with Crippen molar-refractivity contribution in [2.75, 3.05) is 18.8 Å². The van der Waals surface area contributed by atoms with Gasteiger partial charge in [-0.25, -0.2) is 4.98 Å². The van der Waals surface area contributed by atoms with Gasteiger partial charge in [-0.3, -0.25) is 9.59 Å². The summed E-state index contributed by atoms with van der Waals surface area (Å²) in [5.41, 5.74) is 5.93. The highest BCUT2D eigenvalue weighted by Gasteiger charge is 2.47. The number of nitrogens with two attached hydrogens (primary N) is 1. The van der Waals surface area contributed by atoms with Crippen molar-refractivity contribution in [1.29, 1.82) is 0 Å². The summed E-state index contributed by atoms with van der Waals surface area (Å²) in [6.45, 7) is 0.967. The van der Waals surface area contributed by atoms with Crippen molar-refractivity contribution in [3.8, 4) is 0 Å². The van der Waals surface area contributed by atoms with Crippen molar-refractivity contribution in [3.05, 3.63) is 33.2 Å². The third kappa shape index (κ3) is 2.40. The third-order valence-corrected chi connectivity index (χ3v) is 5.82. The zero-order valence-electron chi connectivity index (χ0n) is 11.9. The molecule has 4 rings (SSSR count). The molecule has 2 bridgehead atoms. The molecule has 2 aromatic heterocycles. The Balaban J connectivity index is 1.47. The minimum absolute atomic E-state index is 0.0100. The average Bonchev–Trinajstić information content (AvgIpc) is 3.28. The van der Waals surface area contributed by atoms with Gasteiger partial charge in [-0.05, 0) is 18.6 Å². The molecule has 2 N–H and O–H groups in total. The van der Waals surface area contributed by atoms with Crippen LogP contribution in [-0.2, 0) is 0 Å². The van der Waals surface area contributed by atoms with Gasteiger partial charge in [-0.1, -0.05) is 0 Å². The first-order chi connectivity index (χ1) is 11.0. The van der Waals surface area contributed by atoms with Crippen molar-refractivity contribution >= 4 is 39.6 Å². The topological polar surface area (TPSA) is 79.5 Å². The number of thiazole rings is 1. The van der Waals surface area contributed by atoms with Gasteiger partial charge in [0.05, 0.1) is 17.0 Å². The highest BCUT2D eigenvalue weighted by molar-refractivity contribution is 7.13. The maximum atomic E-state index is 13.1. The second kappa shape index (κ2) is 5.27. The minimum Gasteiger partial charge on any atom is -0.375 e. The number of carbonyl (C=O) groups excluding carboxylic acids is 2. The van der Waals surface area contributed by atoms with Crippen molar-refractivity contribution in [3.63, 3.8) is 0 Å². The zero-order valence-corrected chi connectivity index (χ0v) is 13.6. The Morgan fingerprint density at radius 2 is 1.91 bits per heavy atom. The van der Waals surface area contributed by atoms with Gasteiger partial charge in [0.2, 0.25) is 0 Å². The normalized spacial score (nSPS) is 22.8. The first-order valence-electron chi connectivity index (χ1n) is 7.11. The van der Waals surface area contributed by atoms with E-state index in [1.54, 1.807) is 15.2 Å². The van der Waals surface area contributed by atoms with Gasteiger partial charge >= 0.3 is 0 Å². The Hall–Kier alpha value is -2.00. The molecule has 120 valence electrons. The van der Waals surface area contributed by atoms with E-state index < -0.39 is 0 Å². The molecule has 2 saturated heterocycles.